The van der Waals surface area contributed by atoms with Gasteiger partial charge in [0.2, 0.25) is 5.88 Å². The van der Waals surface area contributed by atoms with Crippen LogP contribution in [0.2, 0.25) is 5.02 Å². The summed E-state index contributed by atoms with van der Waals surface area (Å²) < 4.78 is 5.52. The third-order valence-corrected chi connectivity index (χ3v) is 2.32. The zero-order chi connectivity index (χ0) is 12.1. The van der Waals surface area contributed by atoms with Gasteiger partial charge < -0.3 is 4.74 Å². The molecule has 0 spiro atoms. The van der Waals surface area contributed by atoms with Gasteiger partial charge in [-0.05, 0) is 18.2 Å². The Morgan fingerprint density at radius 1 is 1.18 bits per heavy atom. The van der Waals surface area contributed by atoms with E-state index >= 15 is 0 Å². The van der Waals surface area contributed by atoms with Gasteiger partial charge in [-0.3, -0.25) is 0 Å². The number of para-hydroxylation sites is 1. The number of ether oxygens (including phenoxy) is 1. The van der Waals surface area contributed by atoms with E-state index in [2.05, 4.69) is 4.98 Å². The lowest BCUT2D eigenvalue weighted by Gasteiger charge is -2.06. The van der Waals surface area contributed by atoms with Gasteiger partial charge >= 0.3 is 0 Å². The van der Waals surface area contributed by atoms with Crippen LogP contribution in [0.5, 0.6) is 11.6 Å². The summed E-state index contributed by atoms with van der Waals surface area (Å²) in [5, 5.41) is 9.05. The molecule has 0 aliphatic heterocycles. The molecule has 1 heterocycles. The molecule has 4 heteroatoms. The number of rotatable bonds is 3. The molecule has 3 nitrogen and oxygen atoms in total. The predicted molar refractivity (Wildman–Crippen MR) is 64.8 cm³/mol. The van der Waals surface area contributed by atoms with Crippen LogP contribution in [0.25, 0.3) is 0 Å². The van der Waals surface area contributed by atoms with E-state index in [1.807, 2.05) is 18.2 Å². The molecule has 1 aromatic heterocycles. The molecule has 0 amide bonds. The summed E-state index contributed by atoms with van der Waals surface area (Å²) in [6, 6.07) is 14.3. The van der Waals surface area contributed by atoms with Crippen molar-refractivity contribution in [2.45, 2.75) is 0 Å². The van der Waals surface area contributed by atoms with Crippen LogP contribution in [-0.4, -0.2) is 4.98 Å². The molecule has 2 rings (SSSR count). The summed E-state index contributed by atoms with van der Waals surface area (Å²) in [5.74, 6) is 0.942. The van der Waals surface area contributed by atoms with E-state index in [0.29, 0.717) is 22.3 Å². The lowest BCUT2D eigenvalue weighted by molar-refractivity contribution is 0.462. The van der Waals surface area contributed by atoms with Crippen molar-refractivity contribution in [2.75, 3.05) is 0 Å². The Labute approximate surface area is 104 Å². The minimum absolute atomic E-state index is 0.405. The fourth-order valence-electron chi connectivity index (χ4n) is 1.27. The first kappa shape index (κ1) is 11.4. The molecule has 2 aromatic rings. The molecule has 0 atom stereocenters. The first-order valence-corrected chi connectivity index (χ1v) is 5.29. The van der Waals surface area contributed by atoms with Gasteiger partial charge in [0, 0.05) is 6.07 Å². The van der Waals surface area contributed by atoms with Gasteiger partial charge in [0.05, 0.1) is 16.8 Å². The fraction of sp³-hybridized carbons (Fsp3) is 0. The summed E-state index contributed by atoms with van der Waals surface area (Å²) in [5.41, 5.74) is 0.553. The van der Waals surface area contributed by atoms with Crippen molar-refractivity contribution < 1.29 is 4.74 Å². The number of pyridine rings is 1. The highest BCUT2D eigenvalue weighted by Gasteiger charge is 2.03. The Kier molecular flexibility index (Phi) is 3.59. The van der Waals surface area contributed by atoms with Crippen LogP contribution in [0.1, 0.15) is 5.69 Å². The van der Waals surface area contributed by atoms with Crippen LogP contribution in [0.3, 0.4) is 0 Å². The number of hydrogen-bond donors (Lipinski definition) is 0. The van der Waals surface area contributed by atoms with Gasteiger partial charge in [-0.15, -0.1) is 0 Å². The molecule has 1 radical (unpaired) electrons. The van der Waals surface area contributed by atoms with Crippen LogP contribution in [0.4, 0.5) is 0 Å². The molecule has 0 saturated heterocycles. The zero-order valence-corrected chi connectivity index (χ0v) is 9.56. The van der Waals surface area contributed by atoms with Crippen molar-refractivity contribution in [3.05, 3.63) is 59.6 Å². The third-order valence-electron chi connectivity index (χ3n) is 2.01. The van der Waals surface area contributed by atoms with Crippen molar-refractivity contribution in [3.8, 4) is 17.7 Å². The molecule has 83 valence electrons. The minimum Gasteiger partial charge on any atom is -0.437 e. The van der Waals surface area contributed by atoms with Crippen molar-refractivity contribution in [1.82, 2.24) is 4.98 Å². The van der Waals surface area contributed by atoms with E-state index in [1.54, 1.807) is 30.3 Å². The van der Waals surface area contributed by atoms with Gasteiger partial charge in [0.25, 0.3) is 0 Å². The molecule has 0 fully saturated rings. The number of aromatic nitrogens is 1. The Morgan fingerprint density at radius 3 is 2.76 bits per heavy atom. The Balaban J connectivity index is 2.22. The lowest BCUT2D eigenvalue weighted by Crippen LogP contribution is -1.91. The zero-order valence-electron chi connectivity index (χ0n) is 8.80. The number of nitrogens with zero attached hydrogens (tertiary/aromatic N) is 2. The second-order valence-electron chi connectivity index (χ2n) is 3.21. The van der Waals surface area contributed by atoms with Crippen molar-refractivity contribution in [2.24, 2.45) is 0 Å². The molecule has 0 saturated carbocycles. The van der Waals surface area contributed by atoms with E-state index in [-0.39, 0.29) is 0 Å². The average Bonchev–Trinajstić information content (AvgIpc) is 2.33. The first-order valence-electron chi connectivity index (χ1n) is 4.92. The maximum absolute atomic E-state index is 8.54. The van der Waals surface area contributed by atoms with Crippen LogP contribution >= 0.6 is 11.6 Å². The highest BCUT2D eigenvalue weighted by molar-refractivity contribution is 6.32. The number of nitriles is 1. The number of halogens is 1. The summed E-state index contributed by atoms with van der Waals surface area (Å²) in [7, 11) is 0. The smallest absolute Gasteiger partial charge is 0.219 e. The number of benzene rings is 1. The molecule has 0 bridgehead atoms. The predicted octanol–water partition coefficient (Wildman–Crippen LogP) is 3.60. The Morgan fingerprint density at radius 2 is 2.00 bits per heavy atom. The van der Waals surface area contributed by atoms with Gasteiger partial charge in [-0.25, -0.2) is 4.98 Å². The lowest BCUT2D eigenvalue weighted by atomic mass is 10.3. The van der Waals surface area contributed by atoms with E-state index in [9.17, 15) is 0 Å². The second kappa shape index (κ2) is 5.33. The van der Waals surface area contributed by atoms with Crippen molar-refractivity contribution in [3.63, 3.8) is 0 Å². The summed E-state index contributed by atoms with van der Waals surface area (Å²) >= 11 is 5.96. The van der Waals surface area contributed by atoms with Crippen LogP contribution in [0.15, 0.2) is 42.5 Å². The van der Waals surface area contributed by atoms with Gasteiger partial charge in [0.15, 0.2) is 0 Å². The molecular weight excluding hydrogens is 236 g/mol. The second-order valence-corrected chi connectivity index (χ2v) is 3.61. The van der Waals surface area contributed by atoms with Gasteiger partial charge in [0.1, 0.15) is 12.2 Å². The normalized spacial score (nSPS) is 9.65. The SMILES string of the molecule is N#C[CH]c1cccc(Oc2ccccc2Cl)n1. The fourth-order valence-corrected chi connectivity index (χ4v) is 1.45. The minimum atomic E-state index is 0.405. The first-order chi connectivity index (χ1) is 8.29. The average molecular weight is 244 g/mol. The molecule has 0 N–H and O–H groups in total. The molecule has 0 unspecified atom stereocenters. The molecule has 0 aliphatic carbocycles. The summed E-state index contributed by atoms with van der Waals surface area (Å²) in [6.07, 6.45) is 1.35. The molecule has 0 aliphatic rings. The van der Waals surface area contributed by atoms with Crippen molar-refractivity contribution >= 4 is 11.6 Å². The number of hydrogen-bond acceptors (Lipinski definition) is 3. The summed E-state index contributed by atoms with van der Waals surface area (Å²) in [4.78, 5) is 4.14. The molecule has 1 aromatic carbocycles. The molecule has 17 heavy (non-hydrogen) atoms. The highest BCUT2D eigenvalue weighted by atomic mass is 35.5. The van der Waals surface area contributed by atoms with E-state index in [1.165, 1.54) is 6.42 Å². The molecular formula is C13H8ClN2O. The van der Waals surface area contributed by atoms with Crippen LogP contribution in [-0.2, 0) is 0 Å². The van der Waals surface area contributed by atoms with E-state index in [4.69, 9.17) is 21.6 Å². The highest BCUT2D eigenvalue weighted by Crippen LogP contribution is 2.27. The third kappa shape index (κ3) is 2.96. The van der Waals surface area contributed by atoms with Gasteiger partial charge in [-0.2, -0.15) is 5.26 Å². The standard InChI is InChI=1S/C13H8ClN2O/c14-11-5-1-2-6-12(11)17-13-7-3-4-10(16-13)8-9-15/h1-8H. The Bertz CT molecular complexity index is 563. The monoisotopic (exact) mass is 243 g/mol. The van der Waals surface area contributed by atoms with Crippen LogP contribution < -0.4 is 4.74 Å². The van der Waals surface area contributed by atoms with Gasteiger partial charge in [-0.1, -0.05) is 29.8 Å². The quantitative estimate of drug-likeness (QED) is 0.827. The summed E-state index contributed by atoms with van der Waals surface area (Å²) in [6.45, 7) is 0. The van der Waals surface area contributed by atoms with Crippen molar-refractivity contribution in [1.29, 1.82) is 5.26 Å². The van der Waals surface area contributed by atoms with E-state index in [0.717, 1.165) is 0 Å². The topological polar surface area (TPSA) is 45.9 Å². The maximum Gasteiger partial charge on any atom is 0.219 e. The largest absolute Gasteiger partial charge is 0.437 e. The Hall–Kier alpha value is -2.05. The van der Waals surface area contributed by atoms with E-state index < -0.39 is 0 Å². The maximum atomic E-state index is 8.54. The van der Waals surface area contributed by atoms with Crippen LogP contribution in [0, 0.1) is 17.8 Å².